The van der Waals surface area contributed by atoms with Crippen LogP contribution in [-0.4, -0.2) is 9.55 Å². The molecule has 0 saturated heterocycles. The maximum absolute atomic E-state index is 12.3. The number of ether oxygens (including phenoxy) is 1. The van der Waals surface area contributed by atoms with Gasteiger partial charge in [0.15, 0.2) is 6.73 Å². The average molecular weight is 366 g/mol. The SMILES string of the molecule is Cc1c(Sc2ccccc2)n(COC=Cc2ccccc2)c(=O)[nH]c1=O. The van der Waals surface area contributed by atoms with Gasteiger partial charge in [-0.25, -0.2) is 4.79 Å². The van der Waals surface area contributed by atoms with Crippen molar-refractivity contribution in [3.05, 3.63) is 98.9 Å². The van der Waals surface area contributed by atoms with Crippen molar-refractivity contribution in [3.8, 4) is 0 Å². The molecule has 0 unspecified atom stereocenters. The van der Waals surface area contributed by atoms with Crippen LogP contribution in [0.5, 0.6) is 0 Å². The fraction of sp³-hybridized carbons (Fsp3) is 0.100. The lowest BCUT2D eigenvalue weighted by molar-refractivity contribution is 0.163. The standard InChI is InChI=1S/C20H18N2O3S/c1-15-18(23)21-20(24)22(19(15)26-17-10-6-3-7-11-17)14-25-13-12-16-8-4-2-5-9-16/h2-13H,14H2,1H3,(H,21,23,24). The summed E-state index contributed by atoms with van der Waals surface area (Å²) < 4.78 is 6.95. The van der Waals surface area contributed by atoms with Gasteiger partial charge in [0.2, 0.25) is 0 Å². The quantitative estimate of drug-likeness (QED) is 0.534. The van der Waals surface area contributed by atoms with Gasteiger partial charge >= 0.3 is 5.69 Å². The zero-order chi connectivity index (χ0) is 18.4. The topological polar surface area (TPSA) is 64.1 Å². The van der Waals surface area contributed by atoms with Crippen LogP contribution in [0.4, 0.5) is 0 Å². The van der Waals surface area contributed by atoms with Crippen molar-refractivity contribution in [2.24, 2.45) is 0 Å². The number of aromatic amines is 1. The van der Waals surface area contributed by atoms with Crippen LogP contribution in [0.2, 0.25) is 0 Å². The number of nitrogens with one attached hydrogen (secondary N) is 1. The Kier molecular flexibility index (Phi) is 5.76. The smallest absolute Gasteiger partial charge is 0.331 e. The summed E-state index contributed by atoms with van der Waals surface area (Å²) in [6.45, 7) is 1.70. The molecule has 6 heteroatoms. The molecule has 0 aliphatic heterocycles. The highest BCUT2D eigenvalue weighted by Gasteiger charge is 2.13. The van der Waals surface area contributed by atoms with E-state index in [2.05, 4.69) is 4.98 Å². The number of benzene rings is 2. The van der Waals surface area contributed by atoms with E-state index in [-0.39, 0.29) is 12.3 Å². The van der Waals surface area contributed by atoms with Crippen molar-refractivity contribution >= 4 is 17.8 Å². The lowest BCUT2D eigenvalue weighted by Crippen LogP contribution is -2.33. The van der Waals surface area contributed by atoms with E-state index in [0.29, 0.717) is 10.6 Å². The highest BCUT2D eigenvalue weighted by Crippen LogP contribution is 2.27. The highest BCUT2D eigenvalue weighted by molar-refractivity contribution is 7.99. The molecule has 0 aliphatic carbocycles. The molecule has 0 aliphatic rings. The molecule has 1 N–H and O–H groups in total. The monoisotopic (exact) mass is 366 g/mol. The maximum Gasteiger partial charge on any atom is 0.331 e. The molecular formula is C20H18N2O3S. The minimum Gasteiger partial charge on any atom is -0.480 e. The Balaban J connectivity index is 1.84. The molecule has 2 aromatic carbocycles. The fourth-order valence-corrected chi connectivity index (χ4v) is 3.32. The van der Waals surface area contributed by atoms with Gasteiger partial charge in [-0.05, 0) is 30.7 Å². The van der Waals surface area contributed by atoms with Gasteiger partial charge in [-0.2, -0.15) is 0 Å². The molecule has 0 fully saturated rings. The predicted molar refractivity (Wildman–Crippen MR) is 103 cm³/mol. The first-order chi connectivity index (χ1) is 12.6. The largest absolute Gasteiger partial charge is 0.480 e. The zero-order valence-corrected chi connectivity index (χ0v) is 15.0. The van der Waals surface area contributed by atoms with Crippen LogP contribution in [0, 0.1) is 6.92 Å². The van der Waals surface area contributed by atoms with Crippen molar-refractivity contribution < 1.29 is 4.74 Å². The van der Waals surface area contributed by atoms with Gasteiger partial charge in [0.1, 0.15) is 0 Å². The summed E-state index contributed by atoms with van der Waals surface area (Å²) in [7, 11) is 0. The molecule has 3 rings (SSSR count). The highest BCUT2D eigenvalue weighted by atomic mass is 32.2. The molecule has 0 bridgehead atoms. The normalized spacial score (nSPS) is 11.0. The molecule has 132 valence electrons. The second-order valence-electron chi connectivity index (χ2n) is 5.54. The van der Waals surface area contributed by atoms with E-state index in [9.17, 15) is 9.59 Å². The molecule has 0 amide bonds. The van der Waals surface area contributed by atoms with Crippen LogP contribution in [0.15, 0.2) is 86.4 Å². The van der Waals surface area contributed by atoms with E-state index >= 15 is 0 Å². The second kappa shape index (κ2) is 8.40. The summed E-state index contributed by atoms with van der Waals surface area (Å²) in [6, 6.07) is 19.3. The van der Waals surface area contributed by atoms with Gasteiger partial charge in [-0.3, -0.25) is 14.3 Å². The third kappa shape index (κ3) is 4.34. The summed E-state index contributed by atoms with van der Waals surface area (Å²) in [5, 5.41) is 0.568. The first kappa shape index (κ1) is 17.8. The van der Waals surface area contributed by atoms with Crippen LogP contribution in [0.25, 0.3) is 6.08 Å². The molecular weight excluding hydrogens is 348 g/mol. The number of aromatic nitrogens is 2. The van der Waals surface area contributed by atoms with Gasteiger partial charge in [0, 0.05) is 10.5 Å². The number of nitrogens with zero attached hydrogens (tertiary/aromatic N) is 1. The van der Waals surface area contributed by atoms with Crippen LogP contribution < -0.4 is 11.2 Å². The van der Waals surface area contributed by atoms with E-state index in [0.717, 1.165) is 10.5 Å². The van der Waals surface area contributed by atoms with Crippen molar-refractivity contribution in [1.29, 1.82) is 0 Å². The van der Waals surface area contributed by atoms with Gasteiger partial charge in [-0.1, -0.05) is 60.3 Å². The zero-order valence-electron chi connectivity index (χ0n) is 14.2. The molecule has 26 heavy (non-hydrogen) atoms. The molecule has 3 aromatic rings. The maximum atomic E-state index is 12.3. The first-order valence-electron chi connectivity index (χ1n) is 8.05. The Morgan fingerprint density at radius 3 is 2.38 bits per heavy atom. The summed E-state index contributed by atoms with van der Waals surface area (Å²) >= 11 is 1.36. The summed E-state index contributed by atoms with van der Waals surface area (Å²) in [4.78, 5) is 27.5. The summed E-state index contributed by atoms with van der Waals surface area (Å²) in [5.74, 6) is 0. The Hall–Kier alpha value is -2.99. The van der Waals surface area contributed by atoms with Crippen molar-refractivity contribution in [1.82, 2.24) is 9.55 Å². The van der Waals surface area contributed by atoms with Gasteiger partial charge in [0.05, 0.1) is 11.3 Å². The van der Waals surface area contributed by atoms with Crippen molar-refractivity contribution in [2.75, 3.05) is 0 Å². The van der Waals surface area contributed by atoms with E-state index in [4.69, 9.17) is 4.74 Å². The van der Waals surface area contributed by atoms with E-state index < -0.39 is 5.69 Å². The Labute approximate surface area is 155 Å². The lowest BCUT2D eigenvalue weighted by atomic mass is 10.2. The molecule has 0 atom stereocenters. The Bertz CT molecular complexity index is 1010. The van der Waals surface area contributed by atoms with Crippen LogP contribution in [0.1, 0.15) is 11.1 Å². The van der Waals surface area contributed by atoms with E-state index in [1.807, 2.05) is 66.7 Å². The minimum atomic E-state index is -0.493. The third-order valence-electron chi connectivity index (χ3n) is 3.69. The number of H-pyrrole nitrogens is 1. The van der Waals surface area contributed by atoms with Crippen LogP contribution in [-0.2, 0) is 11.5 Å². The number of hydrogen-bond donors (Lipinski definition) is 1. The number of hydrogen-bond acceptors (Lipinski definition) is 4. The molecule has 0 saturated carbocycles. The van der Waals surface area contributed by atoms with Gasteiger partial charge in [-0.15, -0.1) is 0 Å². The lowest BCUT2D eigenvalue weighted by Gasteiger charge is -2.13. The fourth-order valence-electron chi connectivity index (χ4n) is 2.31. The minimum absolute atomic E-state index is 0.00888. The van der Waals surface area contributed by atoms with Gasteiger partial charge in [0.25, 0.3) is 5.56 Å². The first-order valence-corrected chi connectivity index (χ1v) is 8.86. The van der Waals surface area contributed by atoms with Gasteiger partial charge < -0.3 is 4.74 Å². The molecule has 1 heterocycles. The number of rotatable bonds is 6. The Morgan fingerprint density at radius 2 is 1.69 bits per heavy atom. The second-order valence-corrected chi connectivity index (χ2v) is 6.60. The van der Waals surface area contributed by atoms with E-state index in [1.165, 1.54) is 16.3 Å². The van der Waals surface area contributed by atoms with E-state index in [1.54, 1.807) is 13.2 Å². The van der Waals surface area contributed by atoms with Crippen LogP contribution >= 0.6 is 11.8 Å². The predicted octanol–water partition coefficient (Wildman–Crippen LogP) is 3.64. The molecule has 5 nitrogen and oxygen atoms in total. The molecule has 0 spiro atoms. The van der Waals surface area contributed by atoms with Crippen molar-refractivity contribution in [3.63, 3.8) is 0 Å². The third-order valence-corrected chi connectivity index (χ3v) is 4.92. The van der Waals surface area contributed by atoms with Crippen molar-refractivity contribution in [2.45, 2.75) is 23.6 Å². The van der Waals surface area contributed by atoms with Crippen LogP contribution in [0.3, 0.4) is 0 Å². The Morgan fingerprint density at radius 1 is 1.04 bits per heavy atom. The molecule has 1 aromatic heterocycles. The summed E-state index contributed by atoms with van der Waals surface area (Å²) in [6.07, 6.45) is 3.35. The average Bonchev–Trinajstić information content (AvgIpc) is 2.66. The molecule has 0 radical (unpaired) electrons. The summed E-state index contributed by atoms with van der Waals surface area (Å²) in [5.41, 5.74) is 0.599.